The van der Waals surface area contributed by atoms with Crippen molar-refractivity contribution in [3.05, 3.63) is 46.8 Å². The zero-order valence-corrected chi connectivity index (χ0v) is 14.6. The molecule has 2 aromatic rings. The molecule has 1 fully saturated rings. The van der Waals surface area contributed by atoms with E-state index in [2.05, 4.69) is 21.2 Å². The minimum atomic E-state index is -3.23. The molecule has 1 aromatic carbocycles. The number of carbonyl (C=O) groups is 1. The smallest absolute Gasteiger partial charge is 0.291 e. The zero-order chi connectivity index (χ0) is 16.4. The summed E-state index contributed by atoms with van der Waals surface area (Å²) in [6.45, 7) is 0.495. The van der Waals surface area contributed by atoms with E-state index < -0.39 is 10.0 Å². The molecule has 122 valence electrons. The van der Waals surface area contributed by atoms with Crippen molar-refractivity contribution in [2.24, 2.45) is 0 Å². The third-order valence-corrected chi connectivity index (χ3v) is 5.86. The zero-order valence-electron chi connectivity index (χ0n) is 12.2. The third kappa shape index (κ3) is 3.59. The first-order valence-corrected chi connectivity index (χ1v) is 9.53. The Kier molecular flexibility index (Phi) is 4.45. The number of anilines is 2. The van der Waals surface area contributed by atoms with Gasteiger partial charge >= 0.3 is 0 Å². The Hall–Kier alpha value is -1.80. The largest absolute Gasteiger partial charge is 0.444 e. The van der Waals surface area contributed by atoms with E-state index in [-0.39, 0.29) is 17.4 Å². The van der Waals surface area contributed by atoms with E-state index in [1.807, 2.05) is 0 Å². The number of nitrogens with zero attached hydrogens (tertiary/aromatic N) is 1. The van der Waals surface area contributed by atoms with Crippen LogP contribution in [0.4, 0.5) is 11.4 Å². The molecule has 1 aliphatic heterocycles. The Morgan fingerprint density at radius 3 is 2.48 bits per heavy atom. The molecular weight excluding hydrogens is 384 g/mol. The van der Waals surface area contributed by atoms with Gasteiger partial charge in [0.05, 0.1) is 11.4 Å². The van der Waals surface area contributed by atoms with Gasteiger partial charge in [-0.2, -0.15) is 0 Å². The molecule has 23 heavy (non-hydrogen) atoms. The topological polar surface area (TPSA) is 79.6 Å². The van der Waals surface area contributed by atoms with Gasteiger partial charge in [-0.1, -0.05) is 0 Å². The van der Waals surface area contributed by atoms with Gasteiger partial charge in [-0.25, -0.2) is 8.42 Å². The Bertz CT molecular complexity index is 814. The molecule has 1 aliphatic rings. The van der Waals surface area contributed by atoms with Gasteiger partial charge in [0.1, 0.15) is 0 Å². The Morgan fingerprint density at radius 2 is 1.87 bits per heavy atom. The molecule has 1 N–H and O–H groups in total. The van der Waals surface area contributed by atoms with Gasteiger partial charge in [0.15, 0.2) is 10.4 Å². The summed E-state index contributed by atoms with van der Waals surface area (Å²) < 4.78 is 31.2. The second kappa shape index (κ2) is 6.37. The summed E-state index contributed by atoms with van der Waals surface area (Å²) in [5, 5.41) is 2.70. The molecule has 0 unspecified atom stereocenters. The van der Waals surface area contributed by atoms with Crippen LogP contribution >= 0.6 is 15.9 Å². The number of carbonyl (C=O) groups excluding carboxylic acids is 1. The monoisotopic (exact) mass is 398 g/mol. The van der Waals surface area contributed by atoms with Crippen molar-refractivity contribution < 1.29 is 17.6 Å². The normalized spacial score (nSPS) is 17.0. The number of rotatable bonds is 3. The van der Waals surface area contributed by atoms with Crippen LogP contribution < -0.4 is 9.62 Å². The first-order valence-electron chi connectivity index (χ1n) is 7.13. The van der Waals surface area contributed by atoms with Crippen LogP contribution in [-0.4, -0.2) is 26.6 Å². The molecular formula is C15H15BrN2O4S. The number of sulfonamides is 1. The summed E-state index contributed by atoms with van der Waals surface area (Å²) in [6, 6.07) is 9.94. The second-order valence-electron chi connectivity index (χ2n) is 5.20. The van der Waals surface area contributed by atoms with Crippen molar-refractivity contribution in [2.45, 2.75) is 12.8 Å². The highest BCUT2D eigenvalue weighted by Gasteiger charge is 2.25. The molecule has 1 amide bonds. The van der Waals surface area contributed by atoms with Crippen molar-refractivity contribution in [1.29, 1.82) is 0 Å². The van der Waals surface area contributed by atoms with Crippen LogP contribution in [0.15, 0.2) is 45.5 Å². The second-order valence-corrected chi connectivity index (χ2v) is 7.99. The minimum absolute atomic E-state index is 0.179. The fourth-order valence-corrected chi connectivity index (χ4v) is 4.36. The number of halogens is 1. The van der Waals surface area contributed by atoms with Gasteiger partial charge < -0.3 is 9.73 Å². The van der Waals surface area contributed by atoms with Gasteiger partial charge in [-0.15, -0.1) is 0 Å². The van der Waals surface area contributed by atoms with E-state index in [9.17, 15) is 13.2 Å². The van der Waals surface area contributed by atoms with Crippen molar-refractivity contribution in [2.75, 3.05) is 21.9 Å². The number of amides is 1. The maximum atomic E-state index is 12.1. The highest BCUT2D eigenvalue weighted by atomic mass is 79.9. The quantitative estimate of drug-likeness (QED) is 0.860. The SMILES string of the molecule is O=C(Nc1ccc(N2CCCCS2(=O)=O)cc1)c1ccc(Br)o1. The van der Waals surface area contributed by atoms with Gasteiger partial charge in [-0.3, -0.25) is 9.10 Å². The predicted molar refractivity (Wildman–Crippen MR) is 91.2 cm³/mol. The molecule has 1 saturated heterocycles. The summed E-state index contributed by atoms with van der Waals surface area (Å²) in [5.41, 5.74) is 1.18. The molecule has 0 saturated carbocycles. The molecule has 2 heterocycles. The Morgan fingerprint density at radius 1 is 1.13 bits per heavy atom. The summed E-state index contributed by atoms with van der Waals surface area (Å²) in [6.07, 6.45) is 1.55. The van der Waals surface area contributed by atoms with Crippen LogP contribution in [0.3, 0.4) is 0 Å². The standard InChI is InChI=1S/C15H15BrN2O4S/c16-14-8-7-13(22-14)15(19)17-11-3-5-12(6-4-11)18-9-1-2-10-23(18,20)21/h3-8H,1-2,9-10H2,(H,17,19). The van der Waals surface area contributed by atoms with Crippen LogP contribution in [0.25, 0.3) is 0 Å². The fourth-order valence-electron chi connectivity index (χ4n) is 2.42. The van der Waals surface area contributed by atoms with E-state index >= 15 is 0 Å². The summed E-state index contributed by atoms with van der Waals surface area (Å²) >= 11 is 3.14. The molecule has 3 rings (SSSR count). The maximum absolute atomic E-state index is 12.1. The highest BCUT2D eigenvalue weighted by molar-refractivity contribution is 9.10. The van der Waals surface area contributed by atoms with Crippen LogP contribution in [-0.2, 0) is 10.0 Å². The number of nitrogens with one attached hydrogen (secondary N) is 1. The fraction of sp³-hybridized carbons (Fsp3) is 0.267. The first-order chi connectivity index (χ1) is 11.0. The van der Waals surface area contributed by atoms with Gasteiger partial charge in [0.25, 0.3) is 5.91 Å². The van der Waals surface area contributed by atoms with E-state index in [1.54, 1.807) is 36.4 Å². The number of hydrogen-bond donors (Lipinski definition) is 1. The van der Waals surface area contributed by atoms with Crippen molar-refractivity contribution in [3.8, 4) is 0 Å². The summed E-state index contributed by atoms with van der Waals surface area (Å²) in [5.74, 6) is 0.00683. The highest BCUT2D eigenvalue weighted by Crippen LogP contribution is 2.25. The van der Waals surface area contributed by atoms with E-state index in [0.717, 1.165) is 6.42 Å². The van der Waals surface area contributed by atoms with E-state index in [0.29, 0.717) is 29.0 Å². The Labute approximate surface area is 142 Å². The lowest BCUT2D eigenvalue weighted by Gasteiger charge is -2.28. The molecule has 0 bridgehead atoms. The Balaban J connectivity index is 1.73. The summed E-state index contributed by atoms with van der Waals surface area (Å²) in [4.78, 5) is 12.0. The molecule has 8 heteroatoms. The molecule has 1 aromatic heterocycles. The van der Waals surface area contributed by atoms with E-state index in [1.165, 1.54) is 4.31 Å². The average molecular weight is 399 g/mol. The molecule has 6 nitrogen and oxygen atoms in total. The van der Waals surface area contributed by atoms with Crippen molar-refractivity contribution >= 4 is 43.2 Å². The number of benzene rings is 1. The molecule has 0 aliphatic carbocycles. The lowest BCUT2D eigenvalue weighted by Crippen LogP contribution is -2.37. The lowest BCUT2D eigenvalue weighted by atomic mass is 10.2. The van der Waals surface area contributed by atoms with Crippen molar-refractivity contribution in [1.82, 2.24) is 0 Å². The van der Waals surface area contributed by atoms with Crippen LogP contribution in [0.5, 0.6) is 0 Å². The van der Waals surface area contributed by atoms with Crippen LogP contribution in [0, 0.1) is 0 Å². The molecule has 0 atom stereocenters. The van der Waals surface area contributed by atoms with Gasteiger partial charge in [0.2, 0.25) is 10.0 Å². The van der Waals surface area contributed by atoms with Gasteiger partial charge in [0, 0.05) is 12.2 Å². The van der Waals surface area contributed by atoms with Crippen LogP contribution in [0.1, 0.15) is 23.4 Å². The predicted octanol–water partition coefficient (Wildman–Crippen LogP) is 3.22. The van der Waals surface area contributed by atoms with Gasteiger partial charge in [-0.05, 0) is 65.2 Å². The summed E-state index contributed by atoms with van der Waals surface area (Å²) in [7, 11) is -3.23. The first kappa shape index (κ1) is 16.1. The lowest BCUT2D eigenvalue weighted by molar-refractivity contribution is 0.0995. The number of hydrogen-bond acceptors (Lipinski definition) is 4. The van der Waals surface area contributed by atoms with Crippen LogP contribution in [0.2, 0.25) is 0 Å². The third-order valence-electron chi connectivity index (χ3n) is 3.56. The molecule has 0 radical (unpaired) electrons. The maximum Gasteiger partial charge on any atom is 0.291 e. The minimum Gasteiger partial charge on any atom is -0.444 e. The molecule has 0 spiro atoms. The average Bonchev–Trinajstić information content (AvgIpc) is 2.95. The van der Waals surface area contributed by atoms with Crippen molar-refractivity contribution in [3.63, 3.8) is 0 Å². The number of furan rings is 1. The van der Waals surface area contributed by atoms with E-state index in [4.69, 9.17) is 4.42 Å².